The van der Waals surface area contributed by atoms with E-state index in [1.54, 1.807) is 41.1 Å². The molecule has 2 amide bonds. The fraction of sp³-hybridized carbons (Fsp3) is 0.333. The normalized spacial score (nSPS) is 15.1. The zero-order valence-electron chi connectivity index (χ0n) is 10.00. The van der Waals surface area contributed by atoms with Crippen molar-refractivity contribution in [3.8, 4) is 5.75 Å². The van der Waals surface area contributed by atoms with E-state index in [4.69, 9.17) is 9.84 Å². The summed E-state index contributed by atoms with van der Waals surface area (Å²) < 4.78 is 5.08. The van der Waals surface area contributed by atoms with Crippen molar-refractivity contribution in [1.29, 1.82) is 0 Å². The molecular formula is C12H14N2O4. The van der Waals surface area contributed by atoms with E-state index in [-0.39, 0.29) is 6.03 Å². The quantitative estimate of drug-likeness (QED) is 0.866. The van der Waals surface area contributed by atoms with Gasteiger partial charge in [0, 0.05) is 31.9 Å². The van der Waals surface area contributed by atoms with Gasteiger partial charge in [0.05, 0.1) is 0 Å². The molecule has 1 aliphatic heterocycles. The van der Waals surface area contributed by atoms with Crippen molar-refractivity contribution in [1.82, 2.24) is 4.90 Å². The number of carbonyl (C=O) groups excluding carboxylic acids is 1. The number of anilines is 1. The lowest BCUT2D eigenvalue weighted by atomic mass is 10.3. The number of nitrogens with zero attached hydrogens (tertiary/aromatic N) is 2. The highest BCUT2D eigenvalue weighted by Gasteiger charge is 2.26. The first-order valence-electron chi connectivity index (χ1n) is 5.55. The summed E-state index contributed by atoms with van der Waals surface area (Å²) in [5.41, 5.74) is 0.715. The topological polar surface area (TPSA) is 70.1 Å². The second kappa shape index (κ2) is 4.95. The molecule has 0 radical (unpaired) electrons. The molecule has 6 nitrogen and oxygen atoms in total. The highest BCUT2D eigenvalue weighted by molar-refractivity contribution is 5.94. The average Bonchev–Trinajstić information content (AvgIpc) is 2.68. The standard InChI is InChI=1S/C12H14N2O4/c1-13-5-6-14(12(13)17)9-3-2-4-10(7-9)18-8-11(15)16/h2-4,7H,5-6,8H2,1H3,(H,15,16). The largest absolute Gasteiger partial charge is 0.482 e. The van der Waals surface area contributed by atoms with Crippen molar-refractivity contribution in [2.24, 2.45) is 0 Å². The van der Waals surface area contributed by atoms with Gasteiger partial charge in [-0.1, -0.05) is 6.07 Å². The Hall–Kier alpha value is -2.24. The van der Waals surface area contributed by atoms with E-state index in [1.807, 2.05) is 0 Å². The van der Waals surface area contributed by atoms with E-state index in [2.05, 4.69) is 0 Å². The van der Waals surface area contributed by atoms with Crippen LogP contribution in [-0.2, 0) is 4.79 Å². The fourth-order valence-electron chi connectivity index (χ4n) is 1.77. The summed E-state index contributed by atoms with van der Waals surface area (Å²) in [6.45, 7) is 0.911. The Morgan fingerprint density at radius 2 is 2.22 bits per heavy atom. The molecule has 1 fully saturated rings. The number of carbonyl (C=O) groups is 2. The van der Waals surface area contributed by atoms with Crippen LogP contribution in [-0.4, -0.2) is 48.8 Å². The SMILES string of the molecule is CN1CCN(c2cccc(OCC(=O)O)c2)C1=O. The van der Waals surface area contributed by atoms with Crippen LogP contribution in [0.2, 0.25) is 0 Å². The van der Waals surface area contributed by atoms with E-state index in [0.29, 0.717) is 24.5 Å². The predicted octanol–water partition coefficient (Wildman–Crippen LogP) is 1.02. The summed E-state index contributed by atoms with van der Waals surface area (Å²) in [5, 5.41) is 8.54. The molecule has 1 aromatic rings. The molecule has 0 atom stereocenters. The van der Waals surface area contributed by atoms with Crippen LogP contribution < -0.4 is 9.64 Å². The summed E-state index contributed by atoms with van der Waals surface area (Å²) in [4.78, 5) is 25.5. The molecular weight excluding hydrogens is 236 g/mol. The minimum atomic E-state index is -1.03. The summed E-state index contributed by atoms with van der Waals surface area (Å²) in [6.07, 6.45) is 0. The van der Waals surface area contributed by atoms with Crippen LogP contribution in [0.25, 0.3) is 0 Å². The van der Waals surface area contributed by atoms with Crippen LogP contribution >= 0.6 is 0 Å². The maximum absolute atomic E-state index is 11.8. The molecule has 1 N–H and O–H groups in total. The van der Waals surface area contributed by atoms with E-state index in [1.165, 1.54) is 0 Å². The van der Waals surface area contributed by atoms with Gasteiger partial charge in [0.1, 0.15) is 5.75 Å². The van der Waals surface area contributed by atoms with E-state index in [9.17, 15) is 9.59 Å². The van der Waals surface area contributed by atoms with Gasteiger partial charge in [-0.2, -0.15) is 0 Å². The van der Waals surface area contributed by atoms with Gasteiger partial charge >= 0.3 is 12.0 Å². The molecule has 0 spiro atoms. The number of ether oxygens (including phenoxy) is 1. The maximum atomic E-state index is 11.8. The molecule has 96 valence electrons. The minimum absolute atomic E-state index is 0.0645. The highest BCUT2D eigenvalue weighted by atomic mass is 16.5. The smallest absolute Gasteiger partial charge is 0.341 e. The number of hydrogen-bond acceptors (Lipinski definition) is 3. The third kappa shape index (κ3) is 2.53. The third-order valence-electron chi connectivity index (χ3n) is 2.71. The molecule has 1 aliphatic rings. The molecule has 0 saturated carbocycles. The van der Waals surface area contributed by atoms with Gasteiger partial charge in [-0.05, 0) is 12.1 Å². The van der Waals surface area contributed by atoms with Crippen molar-refractivity contribution in [3.63, 3.8) is 0 Å². The lowest BCUT2D eigenvalue weighted by Gasteiger charge is -2.16. The van der Waals surface area contributed by atoms with Crippen LogP contribution in [0.15, 0.2) is 24.3 Å². The summed E-state index contributed by atoms with van der Waals surface area (Å²) in [7, 11) is 1.74. The second-order valence-electron chi connectivity index (χ2n) is 4.04. The zero-order chi connectivity index (χ0) is 13.1. The van der Waals surface area contributed by atoms with Crippen molar-refractivity contribution >= 4 is 17.7 Å². The van der Waals surface area contributed by atoms with Crippen molar-refractivity contribution in [2.45, 2.75) is 0 Å². The molecule has 2 rings (SSSR count). The predicted molar refractivity (Wildman–Crippen MR) is 64.9 cm³/mol. The number of aliphatic carboxylic acids is 1. The second-order valence-corrected chi connectivity index (χ2v) is 4.04. The summed E-state index contributed by atoms with van der Waals surface area (Å²) in [6, 6.07) is 6.80. The molecule has 0 aliphatic carbocycles. The molecule has 0 unspecified atom stereocenters. The highest BCUT2D eigenvalue weighted by Crippen LogP contribution is 2.24. The van der Waals surface area contributed by atoms with Gasteiger partial charge in [0.2, 0.25) is 0 Å². The monoisotopic (exact) mass is 250 g/mol. The van der Waals surface area contributed by atoms with Gasteiger partial charge in [-0.15, -0.1) is 0 Å². The number of likely N-dealkylation sites (N-methyl/N-ethyl adjacent to an activating group) is 1. The Bertz CT molecular complexity index is 475. The van der Waals surface area contributed by atoms with Crippen LogP contribution in [0.3, 0.4) is 0 Å². The first-order valence-corrected chi connectivity index (χ1v) is 5.55. The maximum Gasteiger partial charge on any atom is 0.341 e. The van der Waals surface area contributed by atoms with Gasteiger partial charge < -0.3 is 14.7 Å². The molecule has 0 bridgehead atoms. The minimum Gasteiger partial charge on any atom is -0.482 e. The van der Waals surface area contributed by atoms with Crippen molar-refractivity contribution < 1.29 is 19.4 Å². The molecule has 1 saturated heterocycles. The van der Waals surface area contributed by atoms with Crippen molar-refractivity contribution in [2.75, 3.05) is 31.6 Å². The molecule has 6 heteroatoms. The number of carboxylic acids is 1. The van der Waals surface area contributed by atoms with Crippen LogP contribution in [0, 0.1) is 0 Å². The number of hydrogen-bond donors (Lipinski definition) is 1. The number of carboxylic acid groups (broad SMARTS) is 1. The molecule has 1 heterocycles. The Labute approximate surface area is 104 Å². The molecule has 18 heavy (non-hydrogen) atoms. The number of benzene rings is 1. The lowest BCUT2D eigenvalue weighted by molar-refractivity contribution is -0.139. The van der Waals surface area contributed by atoms with Gasteiger partial charge in [0.15, 0.2) is 6.61 Å². The summed E-state index contributed by atoms with van der Waals surface area (Å²) in [5.74, 6) is -0.588. The zero-order valence-corrected chi connectivity index (χ0v) is 10.00. The van der Waals surface area contributed by atoms with Crippen molar-refractivity contribution in [3.05, 3.63) is 24.3 Å². The number of amides is 2. The Morgan fingerprint density at radius 1 is 1.44 bits per heavy atom. The van der Waals surface area contributed by atoms with E-state index < -0.39 is 12.6 Å². The van der Waals surface area contributed by atoms with E-state index in [0.717, 1.165) is 0 Å². The first kappa shape index (κ1) is 12.2. The average molecular weight is 250 g/mol. The Kier molecular flexibility index (Phi) is 3.36. The Balaban J connectivity index is 2.12. The molecule has 0 aromatic heterocycles. The lowest BCUT2D eigenvalue weighted by Crippen LogP contribution is -2.29. The van der Waals surface area contributed by atoms with Gasteiger partial charge in [-0.3, -0.25) is 4.90 Å². The van der Waals surface area contributed by atoms with Crippen LogP contribution in [0.1, 0.15) is 0 Å². The number of urea groups is 1. The molecule has 1 aromatic carbocycles. The van der Waals surface area contributed by atoms with Gasteiger partial charge in [0.25, 0.3) is 0 Å². The third-order valence-corrected chi connectivity index (χ3v) is 2.71. The van der Waals surface area contributed by atoms with Crippen LogP contribution in [0.4, 0.5) is 10.5 Å². The summed E-state index contributed by atoms with van der Waals surface area (Å²) >= 11 is 0. The van der Waals surface area contributed by atoms with Crippen LogP contribution in [0.5, 0.6) is 5.75 Å². The van der Waals surface area contributed by atoms with Gasteiger partial charge in [-0.25, -0.2) is 9.59 Å². The Morgan fingerprint density at radius 3 is 2.83 bits per heavy atom. The van der Waals surface area contributed by atoms with E-state index >= 15 is 0 Å². The fourth-order valence-corrected chi connectivity index (χ4v) is 1.77. The number of rotatable bonds is 4. The first-order chi connectivity index (χ1) is 8.58.